The van der Waals surface area contributed by atoms with Crippen LogP contribution in [0.15, 0.2) is 29.3 Å². The minimum Gasteiger partial charge on any atom is -0.434 e. The van der Waals surface area contributed by atoms with Gasteiger partial charge in [0.15, 0.2) is 0 Å². The zero-order valence-corrected chi connectivity index (χ0v) is 12.2. The van der Waals surface area contributed by atoms with Crippen molar-refractivity contribution in [3.05, 3.63) is 46.0 Å². The molecular weight excluding hydrogens is 254 g/mol. The lowest BCUT2D eigenvalue weighted by atomic mass is 10.1. The molecule has 0 aliphatic heterocycles. The van der Waals surface area contributed by atoms with Gasteiger partial charge in [0.25, 0.3) is 5.88 Å². The number of aryl methyl sites for hydroxylation is 2. The molecule has 0 radical (unpaired) electrons. The molecule has 1 aromatic heterocycles. The second-order valence-electron chi connectivity index (χ2n) is 5.11. The normalized spacial score (nSPS) is 10.8. The standard InChI is InChI=1S/C15H19N3O2/c1-9(2)18-6-5-17-14(15(18)19)20-13-8-10(3)12(16)7-11(13)4/h5-9H,16H2,1-4H3. The highest BCUT2D eigenvalue weighted by atomic mass is 16.5. The third kappa shape index (κ3) is 2.66. The van der Waals surface area contributed by atoms with Crippen molar-refractivity contribution < 1.29 is 4.74 Å². The third-order valence-electron chi connectivity index (χ3n) is 3.16. The largest absolute Gasteiger partial charge is 0.434 e. The Morgan fingerprint density at radius 3 is 2.60 bits per heavy atom. The van der Waals surface area contributed by atoms with E-state index in [0.717, 1.165) is 11.1 Å². The van der Waals surface area contributed by atoms with Crippen LogP contribution in [0.1, 0.15) is 31.0 Å². The monoisotopic (exact) mass is 273 g/mol. The minimum atomic E-state index is -0.239. The number of anilines is 1. The molecule has 1 heterocycles. The summed E-state index contributed by atoms with van der Waals surface area (Å²) in [4.78, 5) is 16.3. The number of nitrogen functional groups attached to an aromatic ring is 1. The molecule has 0 aliphatic rings. The molecule has 0 unspecified atom stereocenters. The number of rotatable bonds is 3. The Labute approximate surface area is 118 Å². The second kappa shape index (κ2) is 5.36. The molecule has 5 heteroatoms. The predicted octanol–water partition coefficient (Wildman–Crippen LogP) is 2.82. The first-order valence-corrected chi connectivity index (χ1v) is 6.52. The number of hydrogen-bond donors (Lipinski definition) is 1. The summed E-state index contributed by atoms with van der Waals surface area (Å²) in [6.45, 7) is 7.65. The molecular formula is C15H19N3O2. The van der Waals surface area contributed by atoms with Crippen LogP contribution in [0.25, 0.3) is 0 Å². The van der Waals surface area contributed by atoms with Gasteiger partial charge in [0.1, 0.15) is 5.75 Å². The first-order chi connectivity index (χ1) is 9.40. The van der Waals surface area contributed by atoms with E-state index in [0.29, 0.717) is 11.4 Å². The van der Waals surface area contributed by atoms with E-state index < -0.39 is 0 Å². The van der Waals surface area contributed by atoms with Crippen LogP contribution in [-0.4, -0.2) is 9.55 Å². The van der Waals surface area contributed by atoms with Crippen molar-refractivity contribution >= 4 is 5.69 Å². The number of benzene rings is 1. The van der Waals surface area contributed by atoms with E-state index in [9.17, 15) is 4.79 Å². The quantitative estimate of drug-likeness (QED) is 0.873. The van der Waals surface area contributed by atoms with Gasteiger partial charge >= 0.3 is 5.56 Å². The Bertz CT molecular complexity index is 690. The maximum absolute atomic E-state index is 12.2. The molecule has 106 valence electrons. The lowest BCUT2D eigenvalue weighted by Crippen LogP contribution is -2.23. The van der Waals surface area contributed by atoms with Crippen molar-refractivity contribution in [1.82, 2.24) is 9.55 Å². The van der Waals surface area contributed by atoms with Gasteiger partial charge in [0.2, 0.25) is 0 Å². The van der Waals surface area contributed by atoms with Crippen LogP contribution in [0.2, 0.25) is 0 Å². The van der Waals surface area contributed by atoms with Crippen LogP contribution in [0.4, 0.5) is 5.69 Å². The molecule has 0 bridgehead atoms. The summed E-state index contributed by atoms with van der Waals surface area (Å²) in [5.41, 5.74) is 8.08. The lowest BCUT2D eigenvalue weighted by molar-refractivity contribution is 0.434. The van der Waals surface area contributed by atoms with Crippen LogP contribution in [0.3, 0.4) is 0 Å². The van der Waals surface area contributed by atoms with Gasteiger partial charge in [-0.3, -0.25) is 4.79 Å². The molecule has 2 aromatic rings. The van der Waals surface area contributed by atoms with E-state index in [1.807, 2.05) is 39.8 Å². The summed E-state index contributed by atoms with van der Waals surface area (Å²) >= 11 is 0. The summed E-state index contributed by atoms with van der Waals surface area (Å²) in [6, 6.07) is 3.70. The fourth-order valence-corrected chi connectivity index (χ4v) is 1.91. The van der Waals surface area contributed by atoms with Gasteiger partial charge < -0.3 is 15.0 Å². The second-order valence-corrected chi connectivity index (χ2v) is 5.11. The van der Waals surface area contributed by atoms with Gasteiger partial charge in [0.05, 0.1) is 0 Å². The van der Waals surface area contributed by atoms with Crippen molar-refractivity contribution in [2.45, 2.75) is 33.7 Å². The molecule has 2 N–H and O–H groups in total. The van der Waals surface area contributed by atoms with Gasteiger partial charge in [-0.1, -0.05) is 0 Å². The molecule has 5 nitrogen and oxygen atoms in total. The van der Waals surface area contributed by atoms with Gasteiger partial charge in [-0.25, -0.2) is 4.98 Å². The molecule has 0 amide bonds. The van der Waals surface area contributed by atoms with Crippen molar-refractivity contribution in [3.63, 3.8) is 0 Å². The summed E-state index contributed by atoms with van der Waals surface area (Å²) in [6.07, 6.45) is 3.22. The van der Waals surface area contributed by atoms with Crippen molar-refractivity contribution in [2.75, 3.05) is 5.73 Å². The summed E-state index contributed by atoms with van der Waals surface area (Å²) < 4.78 is 7.25. The first-order valence-electron chi connectivity index (χ1n) is 6.52. The van der Waals surface area contributed by atoms with E-state index >= 15 is 0 Å². The van der Waals surface area contributed by atoms with Crippen LogP contribution in [0, 0.1) is 13.8 Å². The molecule has 0 aliphatic carbocycles. The minimum absolute atomic E-state index is 0.0575. The summed E-state index contributed by atoms with van der Waals surface area (Å²) in [7, 11) is 0. The molecule has 0 fully saturated rings. The number of ether oxygens (including phenoxy) is 1. The Hall–Kier alpha value is -2.30. The first kappa shape index (κ1) is 14.1. The molecule has 20 heavy (non-hydrogen) atoms. The number of aromatic nitrogens is 2. The smallest absolute Gasteiger partial charge is 0.313 e. The Morgan fingerprint density at radius 2 is 1.95 bits per heavy atom. The average Bonchev–Trinajstić information content (AvgIpc) is 2.37. The Balaban J connectivity index is 2.43. The van der Waals surface area contributed by atoms with Crippen LogP contribution >= 0.6 is 0 Å². The SMILES string of the molecule is Cc1cc(Oc2nccn(C(C)C)c2=O)c(C)cc1N. The van der Waals surface area contributed by atoms with E-state index in [-0.39, 0.29) is 17.5 Å². The van der Waals surface area contributed by atoms with Gasteiger partial charge in [-0.15, -0.1) is 0 Å². The maximum atomic E-state index is 12.2. The fraction of sp³-hybridized carbons (Fsp3) is 0.333. The third-order valence-corrected chi connectivity index (χ3v) is 3.16. The molecule has 2 rings (SSSR count). The average molecular weight is 273 g/mol. The number of hydrogen-bond acceptors (Lipinski definition) is 4. The maximum Gasteiger partial charge on any atom is 0.313 e. The molecule has 0 spiro atoms. The lowest BCUT2D eigenvalue weighted by Gasteiger charge is -2.13. The van der Waals surface area contributed by atoms with E-state index in [1.165, 1.54) is 0 Å². The zero-order valence-electron chi connectivity index (χ0n) is 12.2. The van der Waals surface area contributed by atoms with Gasteiger partial charge in [-0.05, 0) is 51.0 Å². The fourth-order valence-electron chi connectivity index (χ4n) is 1.91. The Kier molecular flexibility index (Phi) is 3.79. The van der Waals surface area contributed by atoms with E-state index in [2.05, 4.69) is 4.98 Å². The van der Waals surface area contributed by atoms with Gasteiger partial charge in [-0.2, -0.15) is 0 Å². The number of nitrogens with two attached hydrogens (primary N) is 1. The molecule has 0 saturated carbocycles. The predicted molar refractivity (Wildman–Crippen MR) is 79.3 cm³/mol. The highest BCUT2D eigenvalue weighted by Crippen LogP contribution is 2.26. The van der Waals surface area contributed by atoms with E-state index in [1.54, 1.807) is 17.0 Å². The highest BCUT2D eigenvalue weighted by molar-refractivity contribution is 5.54. The van der Waals surface area contributed by atoms with Crippen molar-refractivity contribution in [2.24, 2.45) is 0 Å². The summed E-state index contributed by atoms with van der Waals surface area (Å²) in [5, 5.41) is 0. The molecule has 1 aromatic carbocycles. The van der Waals surface area contributed by atoms with Crippen molar-refractivity contribution in [3.8, 4) is 11.6 Å². The molecule has 0 saturated heterocycles. The van der Waals surface area contributed by atoms with Crippen molar-refractivity contribution in [1.29, 1.82) is 0 Å². The topological polar surface area (TPSA) is 70.1 Å². The Morgan fingerprint density at radius 1 is 1.25 bits per heavy atom. The van der Waals surface area contributed by atoms with E-state index in [4.69, 9.17) is 10.5 Å². The summed E-state index contributed by atoms with van der Waals surface area (Å²) in [5.74, 6) is 0.677. The van der Waals surface area contributed by atoms with Gasteiger partial charge in [0, 0.05) is 24.1 Å². The zero-order chi connectivity index (χ0) is 14.9. The van der Waals surface area contributed by atoms with Crippen LogP contribution < -0.4 is 16.0 Å². The highest BCUT2D eigenvalue weighted by Gasteiger charge is 2.11. The van der Waals surface area contributed by atoms with Crippen LogP contribution in [-0.2, 0) is 0 Å². The van der Waals surface area contributed by atoms with Crippen LogP contribution in [0.5, 0.6) is 11.6 Å². The molecule has 0 atom stereocenters. The number of nitrogens with zero attached hydrogens (tertiary/aromatic N) is 2.